The molecular formula is C25H30N2O4. The summed E-state index contributed by atoms with van der Waals surface area (Å²) < 4.78 is 5.86. The second-order valence-corrected chi connectivity index (χ2v) is 9.81. The number of ether oxygens (including phenoxy) is 1. The van der Waals surface area contributed by atoms with Crippen molar-refractivity contribution < 1.29 is 14.5 Å². The Labute approximate surface area is 183 Å². The fraction of sp³-hybridized carbons (Fsp3) is 0.480. The van der Waals surface area contributed by atoms with Gasteiger partial charge in [0.1, 0.15) is 5.60 Å². The second-order valence-electron chi connectivity index (χ2n) is 9.81. The molecule has 2 aromatic rings. The molecule has 6 nitrogen and oxygen atoms in total. The molecule has 164 valence electrons. The van der Waals surface area contributed by atoms with Gasteiger partial charge in [0.15, 0.2) is 5.54 Å². The van der Waals surface area contributed by atoms with Gasteiger partial charge in [0.25, 0.3) is 5.54 Å². The predicted molar refractivity (Wildman–Crippen MR) is 118 cm³/mol. The summed E-state index contributed by atoms with van der Waals surface area (Å²) in [4.78, 5) is 28.5. The molecule has 4 atom stereocenters. The lowest BCUT2D eigenvalue weighted by molar-refractivity contribution is -0.577. The number of nitro groups is 1. The Balaban J connectivity index is 1.99. The van der Waals surface area contributed by atoms with E-state index in [1.54, 1.807) is 6.92 Å². The molecule has 0 N–H and O–H groups in total. The summed E-state index contributed by atoms with van der Waals surface area (Å²) in [6.45, 7) is 7.69. The summed E-state index contributed by atoms with van der Waals surface area (Å²) >= 11 is 0. The first kappa shape index (κ1) is 21.5. The van der Waals surface area contributed by atoms with Gasteiger partial charge in [-0.05, 0) is 44.7 Å². The van der Waals surface area contributed by atoms with Crippen LogP contribution in [0.25, 0.3) is 0 Å². The number of hydrogen-bond acceptors (Lipinski definition) is 5. The van der Waals surface area contributed by atoms with E-state index in [1.807, 2.05) is 81.4 Å². The van der Waals surface area contributed by atoms with Crippen molar-refractivity contribution in [2.24, 2.45) is 0 Å². The minimum absolute atomic E-state index is 0.226. The Bertz CT molecular complexity index is 972. The number of esters is 1. The smallest absolute Gasteiger partial charge is 0.334 e. The number of benzene rings is 2. The molecule has 2 fully saturated rings. The quantitative estimate of drug-likeness (QED) is 0.404. The van der Waals surface area contributed by atoms with E-state index >= 15 is 0 Å². The molecule has 0 unspecified atom stereocenters. The third-order valence-electron chi connectivity index (χ3n) is 6.94. The van der Waals surface area contributed by atoms with Crippen LogP contribution in [0.3, 0.4) is 0 Å². The van der Waals surface area contributed by atoms with Crippen LogP contribution in [-0.4, -0.2) is 39.0 Å². The van der Waals surface area contributed by atoms with Crippen molar-refractivity contribution in [1.29, 1.82) is 0 Å². The third kappa shape index (κ3) is 3.16. The minimum Gasteiger partial charge on any atom is -0.458 e. The molecule has 0 spiro atoms. The van der Waals surface area contributed by atoms with Crippen molar-refractivity contribution in [2.45, 2.75) is 69.2 Å². The van der Waals surface area contributed by atoms with Gasteiger partial charge >= 0.3 is 5.97 Å². The van der Waals surface area contributed by atoms with E-state index in [9.17, 15) is 14.9 Å². The van der Waals surface area contributed by atoms with E-state index in [4.69, 9.17) is 4.74 Å². The number of hydrogen-bond donors (Lipinski definition) is 0. The van der Waals surface area contributed by atoms with Gasteiger partial charge in [0.05, 0.1) is 5.92 Å². The molecule has 2 saturated heterocycles. The van der Waals surface area contributed by atoms with E-state index in [-0.39, 0.29) is 11.0 Å². The van der Waals surface area contributed by atoms with Crippen LogP contribution in [0.1, 0.15) is 63.6 Å². The van der Waals surface area contributed by atoms with Gasteiger partial charge in [0.2, 0.25) is 0 Å². The Morgan fingerprint density at radius 1 is 1.06 bits per heavy atom. The van der Waals surface area contributed by atoms with E-state index in [0.717, 1.165) is 11.1 Å². The average Bonchev–Trinajstić information content (AvgIpc) is 3.25. The standard InChI is InChI=1S/C25H30N2O4/c1-23(2,3)31-22(28)25-16-11-17-26(25)21(19-14-9-6-10-15-19)20(24(25,4)27(29)30)18-12-7-5-8-13-18/h5-10,12-15,20-21H,11,16-17H2,1-4H3/t20-,21-,24+,25-/m1/s1. The van der Waals surface area contributed by atoms with E-state index < -0.39 is 28.6 Å². The van der Waals surface area contributed by atoms with Gasteiger partial charge < -0.3 is 4.74 Å². The number of rotatable bonds is 4. The molecule has 0 radical (unpaired) electrons. The number of fused-ring (bicyclic) bond motifs is 1. The highest BCUT2D eigenvalue weighted by Gasteiger charge is 2.79. The van der Waals surface area contributed by atoms with Crippen LogP contribution in [0, 0.1) is 10.1 Å². The fourth-order valence-corrected chi connectivity index (χ4v) is 5.75. The Kier molecular flexibility index (Phi) is 5.16. The van der Waals surface area contributed by atoms with Crippen LogP contribution in [-0.2, 0) is 9.53 Å². The van der Waals surface area contributed by atoms with Gasteiger partial charge in [-0.1, -0.05) is 60.7 Å². The molecule has 0 aromatic heterocycles. The molecule has 6 heteroatoms. The third-order valence-corrected chi connectivity index (χ3v) is 6.94. The maximum absolute atomic E-state index is 13.8. The van der Waals surface area contributed by atoms with Crippen LogP contribution in [0.4, 0.5) is 0 Å². The van der Waals surface area contributed by atoms with Gasteiger partial charge in [0, 0.05) is 24.4 Å². The number of carbonyl (C=O) groups excluding carboxylic acids is 1. The zero-order valence-electron chi connectivity index (χ0n) is 18.6. The molecule has 4 rings (SSSR count). The maximum atomic E-state index is 13.8. The first-order valence-electron chi connectivity index (χ1n) is 10.9. The molecule has 2 heterocycles. The molecule has 2 aliphatic heterocycles. The Morgan fingerprint density at radius 3 is 2.13 bits per heavy atom. The molecule has 0 aliphatic carbocycles. The molecule has 2 aliphatic rings. The maximum Gasteiger partial charge on any atom is 0.334 e. The molecule has 2 aromatic carbocycles. The molecule has 0 saturated carbocycles. The zero-order chi connectivity index (χ0) is 22.4. The van der Waals surface area contributed by atoms with Crippen molar-refractivity contribution in [3.05, 3.63) is 81.9 Å². The first-order chi connectivity index (χ1) is 14.6. The summed E-state index contributed by atoms with van der Waals surface area (Å²) in [7, 11) is 0. The van der Waals surface area contributed by atoms with Crippen molar-refractivity contribution in [1.82, 2.24) is 4.90 Å². The fourth-order valence-electron chi connectivity index (χ4n) is 5.75. The highest BCUT2D eigenvalue weighted by atomic mass is 16.6. The lowest BCUT2D eigenvalue weighted by Crippen LogP contribution is -2.64. The van der Waals surface area contributed by atoms with Crippen LogP contribution >= 0.6 is 0 Å². The normalized spacial score (nSPS) is 30.7. The van der Waals surface area contributed by atoms with Crippen molar-refractivity contribution in [3.63, 3.8) is 0 Å². The van der Waals surface area contributed by atoms with Crippen molar-refractivity contribution >= 4 is 5.97 Å². The molecule has 31 heavy (non-hydrogen) atoms. The van der Waals surface area contributed by atoms with E-state index in [0.29, 0.717) is 19.4 Å². The lowest BCUT2D eigenvalue weighted by atomic mass is 9.68. The van der Waals surface area contributed by atoms with Gasteiger partial charge in [-0.15, -0.1) is 0 Å². The highest BCUT2D eigenvalue weighted by Crippen LogP contribution is 2.62. The number of nitrogens with zero attached hydrogens (tertiary/aromatic N) is 2. The SMILES string of the molecule is CC(C)(C)OC(=O)[C@@]12CCCN1[C@H](c1ccccc1)[C@@H](c1ccccc1)[C@]2(C)[N+](=O)[O-]. The van der Waals surface area contributed by atoms with Crippen LogP contribution < -0.4 is 0 Å². The summed E-state index contributed by atoms with van der Waals surface area (Å²) in [5, 5.41) is 12.9. The van der Waals surface area contributed by atoms with Crippen molar-refractivity contribution in [2.75, 3.05) is 6.54 Å². The largest absolute Gasteiger partial charge is 0.458 e. The van der Waals surface area contributed by atoms with Gasteiger partial charge in [-0.3, -0.25) is 15.0 Å². The Morgan fingerprint density at radius 2 is 1.61 bits per heavy atom. The summed E-state index contributed by atoms with van der Waals surface area (Å²) in [6.07, 6.45) is 1.12. The minimum atomic E-state index is -1.55. The lowest BCUT2D eigenvalue weighted by Gasteiger charge is -2.39. The number of carbonyl (C=O) groups is 1. The van der Waals surface area contributed by atoms with Crippen LogP contribution in [0.5, 0.6) is 0 Å². The molecule has 0 bridgehead atoms. The van der Waals surface area contributed by atoms with Crippen LogP contribution in [0.2, 0.25) is 0 Å². The molecule has 0 amide bonds. The first-order valence-corrected chi connectivity index (χ1v) is 10.9. The Hall–Kier alpha value is -2.73. The highest BCUT2D eigenvalue weighted by molar-refractivity contribution is 5.85. The second kappa shape index (κ2) is 7.45. The van der Waals surface area contributed by atoms with E-state index in [1.165, 1.54) is 0 Å². The topological polar surface area (TPSA) is 72.7 Å². The zero-order valence-corrected chi connectivity index (χ0v) is 18.6. The molecular weight excluding hydrogens is 392 g/mol. The summed E-state index contributed by atoms with van der Waals surface area (Å²) in [5.74, 6) is -0.991. The van der Waals surface area contributed by atoms with E-state index in [2.05, 4.69) is 4.90 Å². The van der Waals surface area contributed by atoms with Crippen molar-refractivity contribution in [3.8, 4) is 0 Å². The van der Waals surface area contributed by atoms with Gasteiger partial charge in [-0.2, -0.15) is 0 Å². The average molecular weight is 423 g/mol. The monoisotopic (exact) mass is 422 g/mol. The van der Waals surface area contributed by atoms with Crippen LogP contribution in [0.15, 0.2) is 60.7 Å². The summed E-state index contributed by atoms with van der Waals surface area (Å²) in [5.41, 5.74) is -1.76. The van der Waals surface area contributed by atoms with Gasteiger partial charge in [-0.25, -0.2) is 4.79 Å². The summed E-state index contributed by atoms with van der Waals surface area (Å²) in [6, 6.07) is 19.1. The predicted octanol–water partition coefficient (Wildman–Crippen LogP) is 4.74.